The molecule has 1 amide bonds. The van der Waals surface area contributed by atoms with Crippen LogP contribution in [0.4, 0.5) is 16.2 Å². The first-order valence-electron chi connectivity index (χ1n) is 9.95. The normalized spacial score (nSPS) is 11.3. The third-order valence-electron chi connectivity index (χ3n) is 4.66. The number of amides is 1. The van der Waals surface area contributed by atoms with Crippen LogP contribution < -0.4 is 10.6 Å². The van der Waals surface area contributed by atoms with Gasteiger partial charge < -0.3 is 10.1 Å². The summed E-state index contributed by atoms with van der Waals surface area (Å²) in [5.41, 5.74) is 3.60. The van der Waals surface area contributed by atoms with E-state index in [0.717, 1.165) is 16.8 Å². The monoisotopic (exact) mass is 458 g/mol. The number of tetrazole rings is 1. The van der Waals surface area contributed by atoms with Gasteiger partial charge in [0.05, 0.1) is 0 Å². The fourth-order valence-corrected chi connectivity index (χ4v) is 3.39. The summed E-state index contributed by atoms with van der Waals surface area (Å²) in [7, 11) is 0. The van der Waals surface area contributed by atoms with E-state index in [1.54, 1.807) is 18.2 Å². The molecule has 1 aromatic heterocycles. The number of nitrogens with zero attached hydrogens (tertiary/aromatic N) is 3. The number of carbonyl (C=O) groups excluding carboxylic acids is 1. The van der Waals surface area contributed by atoms with Crippen molar-refractivity contribution in [3.63, 3.8) is 0 Å². The van der Waals surface area contributed by atoms with E-state index in [0.29, 0.717) is 22.1 Å². The second-order valence-electron chi connectivity index (χ2n) is 7.02. The highest BCUT2D eigenvalue weighted by atomic mass is 35.5. The number of benzene rings is 3. The highest BCUT2D eigenvalue weighted by molar-refractivity contribution is 6.31. The van der Waals surface area contributed by atoms with E-state index in [9.17, 15) is 4.79 Å². The number of hydrogen-bond acceptors (Lipinski definition) is 6. The van der Waals surface area contributed by atoms with Crippen LogP contribution >= 0.6 is 11.6 Å². The zero-order valence-electron chi connectivity index (χ0n) is 17.3. The van der Waals surface area contributed by atoms with Gasteiger partial charge in [0.25, 0.3) is 0 Å². The second kappa shape index (κ2) is 10.3. The molecule has 0 bridgehead atoms. The van der Waals surface area contributed by atoms with Gasteiger partial charge in [-0.15, -0.1) is 16.6 Å². The number of aromatic amines is 1. The fourth-order valence-electron chi connectivity index (χ4n) is 3.15. The van der Waals surface area contributed by atoms with Gasteiger partial charge in [-0.3, -0.25) is 5.32 Å². The van der Waals surface area contributed by atoms with E-state index in [4.69, 9.17) is 22.8 Å². The van der Waals surface area contributed by atoms with Crippen LogP contribution in [0.1, 0.15) is 17.2 Å². The van der Waals surface area contributed by atoms with Crippen molar-refractivity contribution in [2.75, 3.05) is 10.6 Å². The van der Waals surface area contributed by atoms with Crippen LogP contribution in [-0.4, -0.2) is 26.7 Å². The number of anilines is 2. The van der Waals surface area contributed by atoms with E-state index in [2.05, 4.69) is 37.2 Å². The van der Waals surface area contributed by atoms with Crippen LogP contribution in [0.2, 0.25) is 5.02 Å². The Bertz CT molecular complexity index is 1270. The van der Waals surface area contributed by atoms with Crippen molar-refractivity contribution in [1.29, 1.82) is 0 Å². The molecule has 1 atom stereocenters. The molecule has 0 aliphatic carbocycles. The molecule has 0 spiro atoms. The van der Waals surface area contributed by atoms with Crippen LogP contribution in [0.5, 0.6) is 0 Å². The molecule has 0 saturated heterocycles. The predicted molar refractivity (Wildman–Crippen MR) is 127 cm³/mol. The molecule has 8 nitrogen and oxygen atoms in total. The number of terminal acetylenes is 1. The van der Waals surface area contributed by atoms with Gasteiger partial charge in [0, 0.05) is 22.0 Å². The summed E-state index contributed by atoms with van der Waals surface area (Å²) < 4.78 is 5.27. The Labute approximate surface area is 195 Å². The minimum absolute atomic E-state index is 0.158. The minimum Gasteiger partial charge on any atom is -0.444 e. The lowest BCUT2D eigenvalue weighted by atomic mass is 10.1. The van der Waals surface area contributed by atoms with Gasteiger partial charge in [-0.25, -0.2) is 4.79 Å². The third-order valence-corrected chi connectivity index (χ3v) is 4.87. The Morgan fingerprint density at radius 2 is 1.94 bits per heavy atom. The van der Waals surface area contributed by atoms with Gasteiger partial charge in [0.15, 0.2) is 0 Å². The predicted octanol–water partition coefficient (Wildman–Crippen LogP) is 5.06. The highest BCUT2D eigenvalue weighted by Crippen LogP contribution is 2.27. The van der Waals surface area contributed by atoms with Gasteiger partial charge in [-0.05, 0) is 46.7 Å². The molecule has 0 aliphatic heterocycles. The zero-order chi connectivity index (χ0) is 23.0. The molecule has 164 valence electrons. The molecule has 0 unspecified atom stereocenters. The Kier molecular flexibility index (Phi) is 6.83. The topological polar surface area (TPSA) is 105 Å². The molecular formula is C24H19ClN6O2. The Balaban J connectivity index is 1.46. The molecule has 3 aromatic carbocycles. The van der Waals surface area contributed by atoms with Gasteiger partial charge in [0.1, 0.15) is 12.6 Å². The molecule has 0 fully saturated rings. The number of H-pyrrole nitrogens is 1. The van der Waals surface area contributed by atoms with Crippen molar-refractivity contribution >= 4 is 29.1 Å². The number of hydrogen-bond donors (Lipinski definition) is 3. The first-order chi connectivity index (χ1) is 16.1. The van der Waals surface area contributed by atoms with Gasteiger partial charge in [-0.1, -0.05) is 60.0 Å². The molecule has 0 radical (unpaired) electrons. The van der Waals surface area contributed by atoms with Crippen molar-refractivity contribution in [3.05, 3.63) is 88.9 Å². The molecule has 3 N–H and O–H groups in total. The number of nitrogens with one attached hydrogen (secondary N) is 3. The highest BCUT2D eigenvalue weighted by Gasteiger charge is 2.13. The number of carbonyl (C=O) groups is 1. The van der Waals surface area contributed by atoms with Crippen molar-refractivity contribution in [2.45, 2.75) is 12.6 Å². The van der Waals surface area contributed by atoms with Gasteiger partial charge in [0.2, 0.25) is 5.82 Å². The molecule has 4 rings (SSSR count). The lowest BCUT2D eigenvalue weighted by Gasteiger charge is -2.17. The lowest BCUT2D eigenvalue weighted by Crippen LogP contribution is -2.14. The second-order valence-corrected chi connectivity index (χ2v) is 7.46. The number of aromatic nitrogens is 4. The summed E-state index contributed by atoms with van der Waals surface area (Å²) in [5, 5.41) is 20.4. The molecule has 0 saturated carbocycles. The van der Waals surface area contributed by atoms with Crippen LogP contribution in [0, 0.1) is 12.3 Å². The van der Waals surface area contributed by atoms with Gasteiger partial charge >= 0.3 is 6.09 Å². The molecule has 0 aliphatic rings. The van der Waals surface area contributed by atoms with E-state index in [1.165, 1.54) is 0 Å². The maximum absolute atomic E-state index is 12.2. The Morgan fingerprint density at radius 1 is 1.09 bits per heavy atom. The lowest BCUT2D eigenvalue weighted by molar-refractivity contribution is 0.155. The van der Waals surface area contributed by atoms with E-state index >= 15 is 0 Å². The number of rotatable bonds is 7. The summed E-state index contributed by atoms with van der Waals surface area (Å²) >= 11 is 6.29. The molecule has 33 heavy (non-hydrogen) atoms. The summed E-state index contributed by atoms with van der Waals surface area (Å²) in [6, 6.07) is 21.5. The fraction of sp³-hybridized carbons (Fsp3) is 0.0833. The zero-order valence-corrected chi connectivity index (χ0v) is 18.1. The Hall–Kier alpha value is -4.35. The van der Waals surface area contributed by atoms with Crippen molar-refractivity contribution in [1.82, 2.24) is 20.6 Å². The first kappa shape index (κ1) is 21.9. The summed E-state index contributed by atoms with van der Waals surface area (Å²) in [6.45, 7) is 0.158. The van der Waals surface area contributed by atoms with Crippen LogP contribution in [-0.2, 0) is 11.3 Å². The number of halogens is 1. The van der Waals surface area contributed by atoms with Crippen LogP contribution in [0.3, 0.4) is 0 Å². The van der Waals surface area contributed by atoms with E-state index in [-0.39, 0.29) is 6.61 Å². The first-order valence-corrected chi connectivity index (χ1v) is 10.3. The minimum atomic E-state index is -0.593. The summed E-state index contributed by atoms with van der Waals surface area (Å²) in [5.74, 6) is 3.18. The Morgan fingerprint density at radius 3 is 2.70 bits per heavy atom. The van der Waals surface area contributed by atoms with Crippen LogP contribution in [0.15, 0.2) is 72.8 Å². The van der Waals surface area contributed by atoms with Crippen LogP contribution in [0.25, 0.3) is 11.4 Å². The molecule has 9 heteroatoms. The quantitative estimate of drug-likeness (QED) is 0.334. The maximum atomic E-state index is 12.2. The van der Waals surface area contributed by atoms with E-state index < -0.39 is 12.1 Å². The van der Waals surface area contributed by atoms with Crippen molar-refractivity contribution in [3.8, 4) is 23.7 Å². The molecule has 4 aromatic rings. The third kappa shape index (κ3) is 5.87. The molecular weight excluding hydrogens is 440 g/mol. The standard InChI is InChI=1S/C24H19ClN6O2/c1-2-22(26-20-10-6-9-17(12-20)23-28-30-31-29-23)18-11-19(25)14-21(13-18)27-24(32)33-15-16-7-4-3-5-8-16/h1,3-14,22,26H,15H2,(H,27,32)(H,28,29,30,31)/t22-/m0/s1. The smallest absolute Gasteiger partial charge is 0.411 e. The largest absolute Gasteiger partial charge is 0.444 e. The molecule has 1 heterocycles. The maximum Gasteiger partial charge on any atom is 0.411 e. The van der Waals surface area contributed by atoms with Crippen molar-refractivity contribution < 1.29 is 9.53 Å². The van der Waals surface area contributed by atoms with E-state index in [1.807, 2.05) is 54.6 Å². The SMILES string of the molecule is C#C[C@H](Nc1cccc(-c2nn[nH]n2)c1)c1cc(Cl)cc(NC(=O)OCc2ccccc2)c1. The summed E-state index contributed by atoms with van der Waals surface area (Å²) in [6.07, 6.45) is 5.20. The van der Waals surface area contributed by atoms with Crippen molar-refractivity contribution in [2.24, 2.45) is 0 Å². The number of ether oxygens (including phenoxy) is 1. The summed E-state index contributed by atoms with van der Waals surface area (Å²) in [4.78, 5) is 12.2. The van der Waals surface area contributed by atoms with Gasteiger partial charge in [-0.2, -0.15) is 5.21 Å². The average molecular weight is 459 g/mol. The average Bonchev–Trinajstić information content (AvgIpc) is 3.37.